The van der Waals surface area contributed by atoms with Crippen molar-refractivity contribution in [2.45, 2.75) is 19.9 Å². The van der Waals surface area contributed by atoms with Crippen molar-refractivity contribution < 1.29 is 0 Å². The molecule has 0 radical (unpaired) electrons. The molecule has 0 aliphatic rings. The fraction of sp³-hybridized carbons (Fsp3) is 0.286. The average molecular weight is 389 g/mol. The Morgan fingerprint density at radius 1 is 1.22 bits per heavy atom. The van der Waals surface area contributed by atoms with Crippen LogP contribution in [-0.4, -0.2) is 6.54 Å². The first-order valence-corrected chi connectivity index (χ1v) is 8.37. The third-order valence-corrected chi connectivity index (χ3v) is 5.16. The van der Waals surface area contributed by atoms with Crippen LogP contribution in [0.15, 0.2) is 37.9 Å². The molecule has 0 bridgehead atoms. The number of hydrogen-bond donors (Lipinski definition) is 1. The molecule has 0 amide bonds. The van der Waals surface area contributed by atoms with E-state index in [0.717, 1.165) is 11.0 Å². The number of thiophene rings is 1. The Labute approximate surface area is 129 Å². The molecule has 1 atom stereocenters. The highest BCUT2D eigenvalue weighted by molar-refractivity contribution is 9.10. The zero-order valence-electron chi connectivity index (χ0n) is 10.3. The van der Waals surface area contributed by atoms with Crippen molar-refractivity contribution in [2.24, 2.45) is 0 Å². The predicted octanol–water partition coefficient (Wildman–Crippen LogP) is 5.28. The van der Waals surface area contributed by atoms with Crippen LogP contribution >= 0.6 is 43.2 Å². The summed E-state index contributed by atoms with van der Waals surface area (Å²) in [7, 11) is 0. The Hall–Kier alpha value is -0.160. The van der Waals surface area contributed by atoms with Gasteiger partial charge in [0, 0.05) is 14.3 Å². The van der Waals surface area contributed by atoms with Gasteiger partial charge in [-0.2, -0.15) is 11.3 Å². The topological polar surface area (TPSA) is 12.0 Å². The Bertz CT molecular complexity index is 536. The van der Waals surface area contributed by atoms with Crippen molar-refractivity contribution in [3.8, 4) is 0 Å². The molecule has 1 aromatic heterocycles. The number of aryl methyl sites for hydroxylation is 1. The first kappa shape index (κ1) is 14.3. The second kappa shape index (κ2) is 6.33. The third-order valence-electron chi connectivity index (χ3n) is 2.91. The Kier molecular flexibility index (Phi) is 5.01. The molecule has 0 spiro atoms. The van der Waals surface area contributed by atoms with Crippen molar-refractivity contribution in [3.63, 3.8) is 0 Å². The van der Waals surface area contributed by atoms with Crippen LogP contribution in [0.4, 0.5) is 0 Å². The molecule has 96 valence electrons. The van der Waals surface area contributed by atoms with Gasteiger partial charge in [-0.25, -0.2) is 0 Å². The maximum Gasteiger partial charge on any atom is 0.0599 e. The fourth-order valence-electron chi connectivity index (χ4n) is 2.01. The van der Waals surface area contributed by atoms with Crippen LogP contribution in [0.2, 0.25) is 0 Å². The van der Waals surface area contributed by atoms with Crippen LogP contribution in [0.5, 0.6) is 0 Å². The number of rotatable bonds is 4. The zero-order chi connectivity index (χ0) is 13.1. The lowest BCUT2D eigenvalue weighted by molar-refractivity contribution is 0.627. The lowest BCUT2D eigenvalue weighted by atomic mass is 9.97. The minimum Gasteiger partial charge on any atom is -0.306 e. The fourth-order valence-corrected chi connectivity index (χ4v) is 3.94. The smallest absolute Gasteiger partial charge is 0.0599 e. The van der Waals surface area contributed by atoms with Crippen LogP contribution in [0.3, 0.4) is 0 Å². The summed E-state index contributed by atoms with van der Waals surface area (Å²) >= 11 is 8.92. The molecule has 0 aliphatic heterocycles. The van der Waals surface area contributed by atoms with Gasteiger partial charge in [0.2, 0.25) is 0 Å². The van der Waals surface area contributed by atoms with Crippen molar-refractivity contribution in [1.82, 2.24) is 5.32 Å². The van der Waals surface area contributed by atoms with E-state index in [-0.39, 0.29) is 6.04 Å². The molecular weight excluding hydrogens is 374 g/mol. The molecule has 1 N–H and O–H groups in total. The lowest BCUT2D eigenvalue weighted by Crippen LogP contribution is -2.22. The Morgan fingerprint density at radius 2 is 2.00 bits per heavy atom. The minimum absolute atomic E-state index is 0.244. The minimum atomic E-state index is 0.244. The summed E-state index contributed by atoms with van der Waals surface area (Å²) in [6.45, 7) is 5.24. The van der Waals surface area contributed by atoms with Gasteiger partial charge in [0.05, 0.1) is 6.04 Å². The van der Waals surface area contributed by atoms with Crippen LogP contribution in [0.1, 0.15) is 29.7 Å². The SMILES string of the molecule is CCNC(c1cc(Br)ccc1C)c1cscc1Br. The van der Waals surface area contributed by atoms with Gasteiger partial charge in [-0.05, 0) is 63.6 Å². The second-order valence-electron chi connectivity index (χ2n) is 4.17. The quantitative estimate of drug-likeness (QED) is 0.751. The molecule has 18 heavy (non-hydrogen) atoms. The Morgan fingerprint density at radius 3 is 2.61 bits per heavy atom. The monoisotopic (exact) mass is 387 g/mol. The normalized spacial score (nSPS) is 12.7. The van der Waals surface area contributed by atoms with Gasteiger partial charge in [-0.3, -0.25) is 0 Å². The van der Waals surface area contributed by atoms with Crippen molar-refractivity contribution in [3.05, 3.63) is 54.6 Å². The van der Waals surface area contributed by atoms with E-state index in [2.05, 4.69) is 80.0 Å². The summed E-state index contributed by atoms with van der Waals surface area (Å²) in [4.78, 5) is 0. The highest BCUT2D eigenvalue weighted by atomic mass is 79.9. The van der Waals surface area contributed by atoms with E-state index >= 15 is 0 Å². The van der Waals surface area contributed by atoms with Crippen molar-refractivity contribution in [2.75, 3.05) is 6.54 Å². The van der Waals surface area contributed by atoms with E-state index < -0.39 is 0 Å². The summed E-state index contributed by atoms with van der Waals surface area (Å²) < 4.78 is 2.30. The van der Waals surface area contributed by atoms with E-state index in [1.807, 2.05) is 0 Å². The highest BCUT2D eigenvalue weighted by Crippen LogP contribution is 2.34. The van der Waals surface area contributed by atoms with Crippen LogP contribution in [0.25, 0.3) is 0 Å². The van der Waals surface area contributed by atoms with Crippen molar-refractivity contribution in [1.29, 1.82) is 0 Å². The molecule has 1 unspecified atom stereocenters. The highest BCUT2D eigenvalue weighted by Gasteiger charge is 2.18. The molecule has 2 rings (SSSR count). The summed E-state index contributed by atoms with van der Waals surface area (Å²) in [6.07, 6.45) is 0. The molecule has 1 aromatic carbocycles. The second-order valence-corrected chi connectivity index (χ2v) is 6.68. The van der Waals surface area contributed by atoms with Crippen LogP contribution < -0.4 is 5.32 Å². The van der Waals surface area contributed by atoms with Crippen LogP contribution in [-0.2, 0) is 0 Å². The molecule has 0 aliphatic carbocycles. The maximum absolute atomic E-state index is 3.64. The summed E-state index contributed by atoms with van der Waals surface area (Å²) in [5.41, 5.74) is 3.94. The molecule has 0 saturated carbocycles. The maximum atomic E-state index is 3.64. The zero-order valence-corrected chi connectivity index (χ0v) is 14.3. The number of hydrogen-bond acceptors (Lipinski definition) is 2. The molecule has 0 saturated heterocycles. The standard InChI is InChI=1S/C14H15Br2NS/c1-3-17-14(12-7-18-8-13(12)16)11-6-10(15)5-4-9(11)2/h4-8,14,17H,3H2,1-2H3. The summed E-state index contributed by atoms with van der Waals surface area (Å²) in [5, 5.41) is 7.90. The summed E-state index contributed by atoms with van der Waals surface area (Å²) in [6, 6.07) is 6.69. The Balaban J connectivity index is 2.48. The van der Waals surface area contributed by atoms with Gasteiger partial charge in [-0.1, -0.05) is 28.9 Å². The van der Waals surface area contributed by atoms with E-state index in [4.69, 9.17) is 0 Å². The van der Waals surface area contributed by atoms with Gasteiger partial charge in [0.1, 0.15) is 0 Å². The number of benzene rings is 1. The number of nitrogens with one attached hydrogen (secondary N) is 1. The largest absolute Gasteiger partial charge is 0.306 e. The number of halogens is 2. The third kappa shape index (κ3) is 3.05. The van der Waals surface area contributed by atoms with Gasteiger partial charge in [0.15, 0.2) is 0 Å². The molecule has 2 aromatic rings. The van der Waals surface area contributed by atoms with E-state index in [9.17, 15) is 0 Å². The van der Waals surface area contributed by atoms with Gasteiger partial charge >= 0.3 is 0 Å². The molecule has 1 heterocycles. The molecular formula is C14H15Br2NS. The van der Waals surface area contributed by atoms with E-state index in [1.165, 1.54) is 21.2 Å². The first-order chi connectivity index (χ1) is 8.63. The van der Waals surface area contributed by atoms with E-state index in [1.54, 1.807) is 11.3 Å². The first-order valence-electron chi connectivity index (χ1n) is 5.84. The average Bonchev–Trinajstić information content (AvgIpc) is 2.76. The van der Waals surface area contributed by atoms with Crippen LogP contribution in [0, 0.1) is 6.92 Å². The van der Waals surface area contributed by atoms with E-state index in [0.29, 0.717) is 0 Å². The lowest BCUT2D eigenvalue weighted by Gasteiger charge is -2.20. The molecule has 1 nitrogen and oxygen atoms in total. The predicted molar refractivity (Wildman–Crippen MR) is 86.4 cm³/mol. The van der Waals surface area contributed by atoms with Gasteiger partial charge in [-0.15, -0.1) is 0 Å². The molecule has 4 heteroatoms. The van der Waals surface area contributed by atoms with Gasteiger partial charge < -0.3 is 5.32 Å². The molecule has 0 fully saturated rings. The van der Waals surface area contributed by atoms with Gasteiger partial charge in [0.25, 0.3) is 0 Å². The van der Waals surface area contributed by atoms with Crippen molar-refractivity contribution >= 4 is 43.2 Å². The summed E-state index contributed by atoms with van der Waals surface area (Å²) in [5.74, 6) is 0.